The van der Waals surface area contributed by atoms with E-state index >= 15 is 0 Å². The van der Waals surface area contributed by atoms with Crippen molar-refractivity contribution in [3.63, 3.8) is 0 Å². The first-order valence-corrected chi connectivity index (χ1v) is 15.1. The number of amides is 2. The molecule has 0 aliphatic carbocycles. The van der Waals surface area contributed by atoms with Crippen LogP contribution in [0.2, 0.25) is 0 Å². The number of pyridine rings is 1. The van der Waals surface area contributed by atoms with E-state index in [1.54, 1.807) is 12.1 Å². The minimum atomic E-state index is -4.53. The minimum Gasteiger partial charge on any atom is -0.399 e. The highest BCUT2D eigenvalue weighted by atomic mass is 32.2. The molecule has 200 valence electrons. The Morgan fingerprint density at radius 2 is 2.05 bits per heavy atom. The summed E-state index contributed by atoms with van der Waals surface area (Å²) in [4.78, 5) is 56.9. The van der Waals surface area contributed by atoms with Crippen molar-refractivity contribution in [3.05, 3.63) is 47.6 Å². The van der Waals surface area contributed by atoms with Gasteiger partial charge in [0, 0.05) is 28.2 Å². The van der Waals surface area contributed by atoms with Crippen molar-refractivity contribution in [1.29, 1.82) is 0 Å². The number of hydrogen-bond donors (Lipinski definition) is 1. The van der Waals surface area contributed by atoms with E-state index in [-0.39, 0.29) is 18.7 Å². The summed E-state index contributed by atoms with van der Waals surface area (Å²) in [5.41, 5.74) is -0.245. The van der Waals surface area contributed by atoms with Crippen molar-refractivity contribution in [1.82, 2.24) is 19.5 Å². The number of nitrogens with zero attached hydrogens (tertiary/aromatic N) is 3. The number of nitrogens with one attached hydrogen (secondary N) is 1. The summed E-state index contributed by atoms with van der Waals surface area (Å²) in [5, 5.41) is 3.75. The standard InChI is InChI=1S/C24H24N4O7S3/c1-2-5-14(26-24(32)35-20-12-19-18(37-20)8-11-36-19)22(30)27-10-7-16-21(27)17(29)13-28(16)38(33,34)23(31)15-6-3-4-9-25-15/h3-4,6,8-9,11-12,14,16,21H,2,5,7,10,13H2,1H3,(H,26,32). The van der Waals surface area contributed by atoms with E-state index in [2.05, 4.69) is 10.3 Å². The van der Waals surface area contributed by atoms with Crippen molar-refractivity contribution in [2.45, 2.75) is 44.3 Å². The second kappa shape index (κ2) is 10.5. The van der Waals surface area contributed by atoms with Crippen molar-refractivity contribution in [2.24, 2.45) is 0 Å². The van der Waals surface area contributed by atoms with Crippen LogP contribution in [0.3, 0.4) is 0 Å². The SMILES string of the molecule is CCCC(NC(=O)Oc1cc2sccc2s1)C(=O)N1CCC2C1C(=O)CN2S(=O)(=O)C(=O)c1ccccn1. The Kier molecular flexibility index (Phi) is 7.31. The Balaban J connectivity index is 1.29. The van der Waals surface area contributed by atoms with Crippen molar-refractivity contribution >= 4 is 65.0 Å². The molecule has 5 rings (SSSR count). The smallest absolute Gasteiger partial charge is 0.399 e. The summed E-state index contributed by atoms with van der Waals surface area (Å²) in [7, 11) is -4.53. The van der Waals surface area contributed by atoms with E-state index in [1.165, 1.54) is 45.9 Å². The van der Waals surface area contributed by atoms with E-state index < -0.39 is 57.6 Å². The molecule has 2 fully saturated rings. The van der Waals surface area contributed by atoms with E-state index in [9.17, 15) is 27.6 Å². The Hall–Kier alpha value is -3.20. The molecule has 1 N–H and O–H groups in total. The Labute approximate surface area is 226 Å². The number of thiophene rings is 2. The average molecular weight is 577 g/mol. The van der Waals surface area contributed by atoms with Gasteiger partial charge in [0.2, 0.25) is 5.91 Å². The summed E-state index contributed by atoms with van der Waals surface area (Å²) < 4.78 is 34.5. The summed E-state index contributed by atoms with van der Waals surface area (Å²) in [5.74, 6) is -0.971. The molecule has 38 heavy (non-hydrogen) atoms. The number of fused-ring (bicyclic) bond motifs is 2. The number of ketones is 1. The molecule has 2 aliphatic rings. The van der Waals surface area contributed by atoms with Gasteiger partial charge in [-0.2, -0.15) is 4.31 Å². The molecule has 3 atom stereocenters. The fourth-order valence-corrected chi connectivity index (χ4v) is 8.29. The zero-order valence-corrected chi connectivity index (χ0v) is 22.7. The first-order valence-electron chi connectivity index (χ1n) is 12.0. The quantitative estimate of drug-likeness (QED) is 0.452. The van der Waals surface area contributed by atoms with Gasteiger partial charge in [-0.1, -0.05) is 30.7 Å². The van der Waals surface area contributed by atoms with E-state index in [1.807, 2.05) is 18.4 Å². The maximum Gasteiger partial charge on any atom is 0.414 e. The number of aromatic nitrogens is 1. The normalized spacial score (nSPS) is 20.4. The lowest BCUT2D eigenvalue weighted by Crippen LogP contribution is -2.53. The van der Waals surface area contributed by atoms with Crippen LogP contribution >= 0.6 is 22.7 Å². The maximum absolute atomic E-state index is 13.5. The second-order valence-corrected chi connectivity index (χ2v) is 12.7. The number of likely N-dealkylation sites (tertiary alicyclic amines) is 1. The van der Waals surface area contributed by atoms with Crippen LogP contribution in [0.25, 0.3) is 9.40 Å². The Morgan fingerprint density at radius 1 is 1.24 bits per heavy atom. The summed E-state index contributed by atoms with van der Waals surface area (Å²) in [6, 6.07) is 5.17. The minimum absolute atomic E-state index is 0.113. The van der Waals surface area contributed by atoms with Gasteiger partial charge in [0.25, 0.3) is 10.0 Å². The molecule has 3 aromatic rings. The van der Waals surface area contributed by atoms with E-state index in [0.29, 0.717) is 17.9 Å². The first-order chi connectivity index (χ1) is 18.2. The van der Waals surface area contributed by atoms with Crippen LogP contribution in [0.4, 0.5) is 4.79 Å². The first kappa shape index (κ1) is 26.4. The number of carbonyl (C=O) groups excluding carboxylic acids is 4. The Bertz CT molecular complexity index is 1470. The van der Waals surface area contributed by atoms with Crippen LogP contribution < -0.4 is 10.1 Å². The molecule has 0 spiro atoms. The number of carbonyl (C=O) groups is 4. The highest BCUT2D eigenvalue weighted by Gasteiger charge is 2.55. The third-order valence-corrected chi connectivity index (χ3v) is 10.2. The van der Waals surface area contributed by atoms with Crippen LogP contribution in [0.5, 0.6) is 5.06 Å². The third-order valence-electron chi connectivity index (χ3n) is 6.56. The van der Waals surface area contributed by atoms with Crippen LogP contribution in [0.1, 0.15) is 36.7 Å². The van der Waals surface area contributed by atoms with Crippen molar-refractivity contribution in [2.75, 3.05) is 13.1 Å². The van der Waals surface area contributed by atoms with Crippen LogP contribution in [0.15, 0.2) is 41.9 Å². The average Bonchev–Trinajstić information content (AvgIpc) is 3.66. The van der Waals surface area contributed by atoms with Crippen LogP contribution in [0, 0.1) is 0 Å². The lowest BCUT2D eigenvalue weighted by atomic mass is 10.1. The van der Waals surface area contributed by atoms with Crippen LogP contribution in [-0.2, 0) is 19.6 Å². The van der Waals surface area contributed by atoms with Gasteiger partial charge in [0.05, 0.1) is 12.6 Å². The van der Waals surface area contributed by atoms with Gasteiger partial charge in [-0.25, -0.2) is 13.2 Å². The van der Waals surface area contributed by atoms with Gasteiger partial charge in [0.1, 0.15) is 17.8 Å². The number of ether oxygens (including phenoxy) is 1. The molecule has 0 radical (unpaired) electrons. The third kappa shape index (κ3) is 4.84. The van der Waals surface area contributed by atoms with Gasteiger partial charge in [0.15, 0.2) is 10.8 Å². The van der Waals surface area contributed by atoms with E-state index in [0.717, 1.165) is 13.7 Å². The van der Waals surface area contributed by atoms with Gasteiger partial charge < -0.3 is 15.0 Å². The molecule has 5 heterocycles. The highest BCUT2D eigenvalue weighted by Crippen LogP contribution is 2.35. The van der Waals surface area contributed by atoms with Crippen LogP contribution in [-0.4, -0.2) is 76.7 Å². The number of hydrogen-bond acceptors (Lipinski definition) is 10. The molecule has 3 aromatic heterocycles. The maximum atomic E-state index is 13.5. The van der Waals surface area contributed by atoms with Gasteiger partial charge in [-0.15, -0.1) is 11.3 Å². The van der Waals surface area contributed by atoms with Crippen molar-refractivity contribution < 1.29 is 32.3 Å². The molecular formula is C24H24N4O7S3. The molecule has 11 nitrogen and oxygen atoms in total. The van der Waals surface area contributed by atoms with Gasteiger partial charge >= 0.3 is 11.2 Å². The monoisotopic (exact) mass is 576 g/mol. The lowest BCUT2D eigenvalue weighted by molar-refractivity contribution is -0.138. The lowest BCUT2D eigenvalue weighted by Gasteiger charge is -2.27. The molecule has 2 aliphatic heterocycles. The fourth-order valence-electron chi connectivity index (χ4n) is 4.87. The fraction of sp³-hybridized carbons (Fsp3) is 0.375. The number of rotatable bonds is 7. The number of Topliss-reactive ketones (excluding diaryl/α,β-unsaturated/α-hetero) is 1. The summed E-state index contributed by atoms with van der Waals surface area (Å²) >= 11 is 2.84. The molecule has 2 amide bonds. The highest BCUT2D eigenvalue weighted by molar-refractivity contribution is 8.04. The molecule has 14 heteroatoms. The zero-order chi connectivity index (χ0) is 27.0. The van der Waals surface area contributed by atoms with Crippen molar-refractivity contribution in [3.8, 4) is 5.06 Å². The predicted octanol–water partition coefficient (Wildman–Crippen LogP) is 2.64. The molecule has 0 saturated carbocycles. The topological polar surface area (TPSA) is 143 Å². The molecule has 2 saturated heterocycles. The second-order valence-electron chi connectivity index (χ2n) is 8.94. The largest absolute Gasteiger partial charge is 0.414 e. The summed E-state index contributed by atoms with van der Waals surface area (Å²) in [6.45, 7) is 1.46. The zero-order valence-electron chi connectivity index (χ0n) is 20.2. The number of sulfonamides is 1. The Morgan fingerprint density at radius 3 is 2.76 bits per heavy atom. The van der Waals surface area contributed by atoms with Gasteiger partial charge in [-0.3, -0.25) is 19.4 Å². The molecule has 3 unspecified atom stereocenters. The molecule has 0 aromatic carbocycles. The predicted molar refractivity (Wildman–Crippen MR) is 141 cm³/mol. The van der Waals surface area contributed by atoms with Gasteiger partial charge in [-0.05, 0) is 36.4 Å². The molecule has 0 bridgehead atoms. The molecular weight excluding hydrogens is 552 g/mol. The summed E-state index contributed by atoms with van der Waals surface area (Å²) in [6.07, 6.45) is 1.58. The van der Waals surface area contributed by atoms with E-state index in [4.69, 9.17) is 4.74 Å².